The van der Waals surface area contributed by atoms with Crippen molar-refractivity contribution in [2.75, 3.05) is 34.3 Å². The first-order valence-corrected chi connectivity index (χ1v) is 8.26. The summed E-state index contributed by atoms with van der Waals surface area (Å²) < 4.78 is 31.8. The fourth-order valence-electron chi connectivity index (χ4n) is 1.74. The van der Waals surface area contributed by atoms with E-state index in [-0.39, 0.29) is 12.5 Å². The topological polar surface area (TPSA) is 79.0 Å². The maximum atomic E-state index is 11.7. The van der Waals surface area contributed by atoms with E-state index in [0.29, 0.717) is 13.1 Å². The van der Waals surface area contributed by atoms with Gasteiger partial charge in [0.05, 0.1) is 7.11 Å². The van der Waals surface area contributed by atoms with Gasteiger partial charge in [0.2, 0.25) is 5.91 Å². The highest BCUT2D eigenvalue weighted by atomic mass is 32.2. The van der Waals surface area contributed by atoms with Crippen molar-refractivity contribution in [1.29, 1.82) is 0 Å². The molecule has 0 heterocycles. The molecule has 0 atom stereocenters. The second-order valence-corrected chi connectivity index (χ2v) is 6.94. The van der Waals surface area contributed by atoms with Gasteiger partial charge in [-0.1, -0.05) is 12.1 Å². The highest BCUT2D eigenvalue weighted by molar-refractivity contribution is 7.87. The molecule has 22 heavy (non-hydrogen) atoms. The minimum absolute atomic E-state index is 0.111. The van der Waals surface area contributed by atoms with Crippen molar-refractivity contribution in [1.82, 2.24) is 13.9 Å². The molecule has 0 unspecified atom stereocenters. The molecule has 124 valence electrons. The number of nitrogens with one attached hydrogen (secondary N) is 1. The SMILES string of the molecule is COc1ccc(CN(CCNS(=O)(=O)N(C)C)C(C)=O)cc1. The van der Waals surface area contributed by atoms with Crippen LogP contribution in [0.2, 0.25) is 0 Å². The molecule has 0 saturated carbocycles. The first kappa shape index (κ1) is 18.4. The van der Waals surface area contributed by atoms with Crippen molar-refractivity contribution < 1.29 is 17.9 Å². The van der Waals surface area contributed by atoms with Crippen LogP contribution >= 0.6 is 0 Å². The smallest absolute Gasteiger partial charge is 0.278 e. The maximum Gasteiger partial charge on any atom is 0.278 e. The molecule has 1 amide bonds. The quantitative estimate of drug-likeness (QED) is 0.750. The Balaban J connectivity index is 2.60. The van der Waals surface area contributed by atoms with Gasteiger partial charge in [0, 0.05) is 40.7 Å². The van der Waals surface area contributed by atoms with Gasteiger partial charge in [0.15, 0.2) is 0 Å². The van der Waals surface area contributed by atoms with Gasteiger partial charge in [-0.15, -0.1) is 0 Å². The van der Waals surface area contributed by atoms with Crippen LogP contribution in [0.25, 0.3) is 0 Å². The van der Waals surface area contributed by atoms with E-state index in [1.54, 1.807) is 12.0 Å². The summed E-state index contributed by atoms with van der Waals surface area (Å²) >= 11 is 0. The zero-order chi connectivity index (χ0) is 16.8. The number of carbonyl (C=O) groups is 1. The summed E-state index contributed by atoms with van der Waals surface area (Å²) in [5.41, 5.74) is 0.950. The number of rotatable bonds is 8. The van der Waals surface area contributed by atoms with Gasteiger partial charge in [0.1, 0.15) is 5.75 Å². The molecule has 0 fully saturated rings. The van der Waals surface area contributed by atoms with Crippen molar-refractivity contribution in [3.63, 3.8) is 0 Å². The van der Waals surface area contributed by atoms with Crippen LogP contribution in [0.5, 0.6) is 5.75 Å². The highest BCUT2D eigenvalue weighted by Gasteiger charge is 2.14. The van der Waals surface area contributed by atoms with Crippen LogP contribution in [0, 0.1) is 0 Å². The first-order valence-electron chi connectivity index (χ1n) is 6.82. The molecule has 0 radical (unpaired) electrons. The van der Waals surface area contributed by atoms with Crippen LogP contribution in [0.1, 0.15) is 12.5 Å². The van der Waals surface area contributed by atoms with Crippen LogP contribution in [-0.2, 0) is 21.5 Å². The van der Waals surface area contributed by atoms with Gasteiger partial charge < -0.3 is 9.64 Å². The number of carbonyl (C=O) groups excluding carboxylic acids is 1. The molecule has 0 spiro atoms. The summed E-state index contributed by atoms with van der Waals surface area (Å²) in [6.07, 6.45) is 0. The molecule has 1 N–H and O–H groups in total. The second kappa shape index (κ2) is 8.11. The van der Waals surface area contributed by atoms with Gasteiger partial charge >= 0.3 is 0 Å². The molecule has 0 aliphatic heterocycles. The summed E-state index contributed by atoms with van der Waals surface area (Å²) in [5.74, 6) is 0.636. The van der Waals surface area contributed by atoms with Crippen LogP contribution in [-0.4, -0.2) is 57.8 Å². The molecule has 1 aromatic carbocycles. The minimum Gasteiger partial charge on any atom is -0.497 e. The van der Waals surface area contributed by atoms with Crippen molar-refractivity contribution >= 4 is 16.1 Å². The molecule has 0 aliphatic carbocycles. The zero-order valence-corrected chi connectivity index (χ0v) is 14.2. The summed E-state index contributed by atoms with van der Waals surface area (Å²) in [6.45, 7) is 2.34. The lowest BCUT2D eigenvalue weighted by molar-refractivity contribution is -0.129. The predicted octanol–water partition coefficient (Wildman–Crippen LogP) is 0.440. The predicted molar refractivity (Wildman–Crippen MR) is 84.7 cm³/mol. The monoisotopic (exact) mass is 329 g/mol. The number of benzene rings is 1. The lowest BCUT2D eigenvalue weighted by Gasteiger charge is -2.22. The molecule has 0 aromatic heterocycles. The molecule has 0 aliphatic rings. The average Bonchev–Trinajstić information content (AvgIpc) is 2.46. The Kier molecular flexibility index (Phi) is 6.79. The van der Waals surface area contributed by atoms with Crippen LogP contribution < -0.4 is 9.46 Å². The first-order chi connectivity index (χ1) is 10.3. The molecule has 1 rings (SSSR count). The second-order valence-electron chi connectivity index (χ2n) is 4.97. The number of hydrogen-bond donors (Lipinski definition) is 1. The van der Waals surface area contributed by atoms with E-state index in [9.17, 15) is 13.2 Å². The van der Waals surface area contributed by atoms with Gasteiger partial charge in [-0.25, -0.2) is 4.72 Å². The van der Waals surface area contributed by atoms with Crippen molar-refractivity contribution in [3.8, 4) is 5.75 Å². The van der Waals surface area contributed by atoms with Crippen LogP contribution in [0.15, 0.2) is 24.3 Å². The molecular formula is C14H23N3O4S. The van der Waals surface area contributed by atoms with E-state index in [1.807, 2.05) is 24.3 Å². The highest BCUT2D eigenvalue weighted by Crippen LogP contribution is 2.13. The standard InChI is InChI=1S/C14H23N3O4S/c1-12(18)17(10-9-15-22(19,20)16(2)3)11-13-5-7-14(21-4)8-6-13/h5-8,15H,9-11H2,1-4H3. The summed E-state index contributed by atoms with van der Waals surface area (Å²) in [6, 6.07) is 7.39. The maximum absolute atomic E-state index is 11.7. The van der Waals surface area contributed by atoms with E-state index in [2.05, 4.69) is 4.72 Å². The average molecular weight is 329 g/mol. The van der Waals surface area contributed by atoms with E-state index in [4.69, 9.17) is 4.74 Å². The fourth-order valence-corrected chi connectivity index (χ4v) is 2.35. The third-order valence-corrected chi connectivity index (χ3v) is 4.66. The minimum atomic E-state index is -3.47. The Labute approximate surface area is 132 Å². The molecule has 8 heteroatoms. The van der Waals surface area contributed by atoms with E-state index >= 15 is 0 Å². The van der Waals surface area contributed by atoms with E-state index in [1.165, 1.54) is 21.0 Å². The van der Waals surface area contributed by atoms with Gasteiger partial charge in [-0.3, -0.25) is 4.79 Å². The summed E-state index contributed by atoms with van der Waals surface area (Å²) in [4.78, 5) is 13.3. The molecule has 1 aromatic rings. The molecule has 0 bridgehead atoms. The Morgan fingerprint density at radius 2 is 1.82 bits per heavy atom. The molecular weight excluding hydrogens is 306 g/mol. The van der Waals surface area contributed by atoms with Gasteiger partial charge in [0.25, 0.3) is 10.2 Å². The van der Waals surface area contributed by atoms with Gasteiger partial charge in [-0.2, -0.15) is 12.7 Å². The third-order valence-electron chi connectivity index (χ3n) is 3.12. The van der Waals surface area contributed by atoms with Crippen molar-refractivity contribution in [2.45, 2.75) is 13.5 Å². The Bertz CT molecular complexity index is 585. The Morgan fingerprint density at radius 3 is 2.27 bits per heavy atom. The number of amides is 1. The number of ether oxygens (including phenoxy) is 1. The number of methoxy groups -OCH3 is 1. The van der Waals surface area contributed by atoms with Crippen LogP contribution in [0.3, 0.4) is 0 Å². The van der Waals surface area contributed by atoms with E-state index < -0.39 is 10.2 Å². The lowest BCUT2D eigenvalue weighted by atomic mass is 10.2. The molecule has 0 saturated heterocycles. The Hall–Kier alpha value is -1.64. The largest absolute Gasteiger partial charge is 0.497 e. The lowest BCUT2D eigenvalue weighted by Crippen LogP contribution is -2.41. The van der Waals surface area contributed by atoms with Crippen LogP contribution in [0.4, 0.5) is 0 Å². The van der Waals surface area contributed by atoms with Gasteiger partial charge in [-0.05, 0) is 17.7 Å². The summed E-state index contributed by atoms with van der Waals surface area (Å²) in [5, 5.41) is 0. The van der Waals surface area contributed by atoms with Crippen molar-refractivity contribution in [2.24, 2.45) is 0 Å². The molecule has 7 nitrogen and oxygen atoms in total. The Morgan fingerprint density at radius 1 is 1.23 bits per heavy atom. The fraction of sp³-hybridized carbons (Fsp3) is 0.500. The van der Waals surface area contributed by atoms with E-state index in [0.717, 1.165) is 15.6 Å². The zero-order valence-electron chi connectivity index (χ0n) is 13.4. The summed E-state index contributed by atoms with van der Waals surface area (Å²) in [7, 11) is 1.01. The normalized spacial score (nSPS) is 11.5. The number of hydrogen-bond acceptors (Lipinski definition) is 4. The third kappa shape index (κ3) is 5.63. The van der Waals surface area contributed by atoms with Crippen molar-refractivity contribution in [3.05, 3.63) is 29.8 Å². The number of nitrogens with zero attached hydrogens (tertiary/aromatic N) is 2.